The monoisotopic (exact) mass is 291 g/mol. The fraction of sp³-hybridized carbons (Fsp3) is 0.722. The van der Waals surface area contributed by atoms with Crippen LogP contribution < -0.4 is 10.2 Å². The molecule has 0 saturated carbocycles. The highest BCUT2D eigenvalue weighted by molar-refractivity contribution is 5.44. The fourth-order valence-corrected chi connectivity index (χ4v) is 2.14. The molecule has 0 unspecified atom stereocenters. The third-order valence-electron chi connectivity index (χ3n) is 4.29. The van der Waals surface area contributed by atoms with Gasteiger partial charge in [0, 0.05) is 24.8 Å². The first-order valence-corrected chi connectivity index (χ1v) is 8.24. The summed E-state index contributed by atoms with van der Waals surface area (Å²) < 4.78 is 0. The van der Waals surface area contributed by atoms with Gasteiger partial charge in [-0.3, -0.25) is 0 Å². The average molecular weight is 291 g/mol. The lowest BCUT2D eigenvalue weighted by Crippen LogP contribution is -2.41. The Hall–Kier alpha value is -1.09. The Bertz CT molecular complexity index is 438. The minimum absolute atomic E-state index is 0.127. The van der Waals surface area contributed by atoms with Crippen molar-refractivity contribution in [3.05, 3.63) is 23.4 Å². The number of hydrogen-bond acceptors (Lipinski definition) is 3. The van der Waals surface area contributed by atoms with Gasteiger partial charge < -0.3 is 10.2 Å². The molecule has 3 heteroatoms. The summed E-state index contributed by atoms with van der Waals surface area (Å²) in [6.07, 6.45) is 2.08. The van der Waals surface area contributed by atoms with Gasteiger partial charge in [0.25, 0.3) is 0 Å². The molecule has 0 spiro atoms. The van der Waals surface area contributed by atoms with E-state index in [2.05, 4.69) is 70.9 Å². The quantitative estimate of drug-likeness (QED) is 0.784. The van der Waals surface area contributed by atoms with Gasteiger partial charge in [0.2, 0.25) is 0 Å². The summed E-state index contributed by atoms with van der Waals surface area (Å²) in [5, 5.41) is 3.53. The summed E-state index contributed by atoms with van der Waals surface area (Å²) in [5.74, 6) is 1.76. The van der Waals surface area contributed by atoms with Gasteiger partial charge >= 0.3 is 0 Å². The van der Waals surface area contributed by atoms with E-state index in [-0.39, 0.29) is 5.54 Å². The molecule has 120 valence electrons. The van der Waals surface area contributed by atoms with E-state index in [0.717, 1.165) is 31.7 Å². The normalized spacial score (nSPS) is 12.0. The van der Waals surface area contributed by atoms with Crippen LogP contribution >= 0.6 is 0 Å². The maximum absolute atomic E-state index is 4.81. The van der Waals surface area contributed by atoms with Crippen molar-refractivity contribution in [3.63, 3.8) is 0 Å². The van der Waals surface area contributed by atoms with Crippen LogP contribution in [0, 0.1) is 5.92 Å². The Morgan fingerprint density at radius 3 is 2.43 bits per heavy atom. The maximum atomic E-state index is 4.81. The molecule has 0 aromatic carbocycles. The number of nitrogens with one attached hydrogen (secondary N) is 1. The molecule has 1 aromatic heterocycles. The first-order chi connectivity index (χ1) is 9.80. The number of anilines is 1. The number of pyridine rings is 1. The van der Waals surface area contributed by atoms with Gasteiger partial charge in [0.15, 0.2) is 0 Å². The molecule has 0 aliphatic rings. The zero-order valence-corrected chi connectivity index (χ0v) is 15.0. The highest BCUT2D eigenvalue weighted by atomic mass is 15.2. The second-order valence-electron chi connectivity index (χ2n) is 6.93. The minimum atomic E-state index is 0.127. The van der Waals surface area contributed by atoms with Crippen LogP contribution in [0.4, 0.5) is 5.82 Å². The Morgan fingerprint density at radius 2 is 1.90 bits per heavy atom. The molecule has 0 bridgehead atoms. The lowest BCUT2D eigenvalue weighted by molar-refractivity contribution is 0.466. The van der Waals surface area contributed by atoms with Crippen molar-refractivity contribution in [3.8, 4) is 0 Å². The van der Waals surface area contributed by atoms with E-state index in [4.69, 9.17) is 4.98 Å². The number of hydrogen-bond donors (Lipinski definition) is 1. The molecule has 1 rings (SSSR count). The molecule has 1 N–H and O–H groups in total. The van der Waals surface area contributed by atoms with Gasteiger partial charge in [0.1, 0.15) is 5.82 Å². The molecular weight excluding hydrogens is 258 g/mol. The molecule has 1 heterocycles. The van der Waals surface area contributed by atoms with Crippen LogP contribution in [0.2, 0.25) is 0 Å². The standard InChI is InChI=1S/C18H33N3/c1-8-16-10-15(13-19-12-14(3)4)11-17(20-16)21(7)18(5,6)9-2/h10-11,14,19H,8-9,12-13H2,1-7H3. The molecule has 0 radical (unpaired) electrons. The summed E-state index contributed by atoms with van der Waals surface area (Å²) in [5.41, 5.74) is 2.63. The summed E-state index contributed by atoms with van der Waals surface area (Å²) in [6, 6.07) is 4.45. The number of aromatic nitrogens is 1. The lowest BCUT2D eigenvalue weighted by Gasteiger charge is -2.36. The number of aryl methyl sites for hydroxylation is 1. The van der Waals surface area contributed by atoms with E-state index >= 15 is 0 Å². The van der Waals surface area contributed by atoms with E-state index in [1.54, 1.807) is 0 Å². The van der Waals surface area contributed by atoms with Crippen LogP contribution in [-0.4, -0.2) is 24.1 Å². The molecule has 1 aromatic rings. The number of nitrogens with zero attached hydrogens (tertiary/aromatic N) is 2. The van der Waals surface area contributed by atoms with Crippen LogP contribution in [0.3, 0.4) is 0 Å². The van der Waals surface area contributed by atoms with Crippen LogP contribution in [-0.2, 0) is 13.0 Å². The number of rotatable bonds is 8. The molecule has 21 heavy (non-hydrogen) atoms. The van der Waals surface area contributed by atoms with Gasteiger partial charge in [-0.15, -0.1) is 0 Å². The van der Waals surface area contributed by atoms with Gasteiger partial charge in [0.05, 0.1) is 0 Å². The van der Waals surface area contributed by atoms with Crippen molar-refractivity contribution in [2.24, 2.45) is 5.92 Å². The van der Waals surface area contributed by atoms with Crippen LogP contribution in [0.15, 0.2) is 12.1 Å². The van der Waals surface area contributed by atoms with E-state index in [1.807, 2.05) is 0 Å². The van der Waals surface area contributed by atoms with Crippen molar-refractivity contribution in [2.45, 2.75) is 66.5 Å². The molecule has 0 aliphatic carbocycles. The Balaban J connectivity index is 2.94. The largest absolute Gasteiger partial charge is 0.355 e. The Kier molecular flexibility index (Phi) is 6.66. The molecule has 0 aliphatic heterocycles. The zero-order chi connectivity index (χ0) is 16.0. The molecule has 3 nitrogen and oxygen atoms in total. The molecular formula is C18H33N3. The van der Waals surface area contributed by atoms with Gasteiger partial charge in [-0.1, -0.05) is 27.7 Å². The second-order valence-corrected chi connectivity index (χ2v) is 6.93. The smallest absolute Gasteiger partial charge is 0.129 e. The first kappa shape index (κ1) is 18.0. The summed E-state index contributed by atoms with van der Waals surface area (Å²) in [6.45, 7) is 15.4. The van der Waals surface area contributed by atoms with Crippen molar-refractivity contribution in [1.82, 2.24) is 10.3 Å². The van der Waals surface area contributed by atoms with E-state index in [9.17, 15) is 0 Å². The van der Waals surface area contributed by atoms with Crippen LogP contribution in [0.1, 0.15) is 59.2 Å². The zero-order valence-electron chi connectivity index (χ0n) is 15.0. The molecule has 0 fully saturated rings. The van der Waals surface area contributed by atoms with Crippen molar-refractivity contribution in [2.75, 3.05) is 18.5 Å². The van der Waals surface area contributed by atoms with E-state index in [0.29, 0.717) is 5.92 Å². The fourth-order valence-electron chi connectivity index (χ4n) is 2.14. The predicted molar refractivity (Wildman–Crippen MR) is 92.9 cm³/mol. The van der Waals surface area contributed by atoms with Crippen molar-refractivity contribution < 1.29 is 0 Å². The Labute approximate surface area is 131 Å². The maximum Gasteiger partial charge on any atom is 0.129 e. The molecule has 0 saturated heterocycles. The Morgan fingerprint density at radius 1 is 1.24 bits per heavy atom. The summed E-state index contributed by atoms with van der Waals surface area (Å²) in [4.78, 5) is 7.11. The third-order valence-corrected chi connectivity index (χ3v) is 4.29. The van der Waals surface area contributed by atoms with Gasteiger partial charge in [-0.05, 0) is 56.8 Å². The third kappa shape index (κ3) is 5.31. The lowest BCUT2D eigenvalue weighted by atomic mass is 10.00. The summed E-state index contributed by atoms with van der Waals surface area (Å²) >= 11 is 0. The van der Waals surface area contributed by atoms with Gasteiger partial charge in [-0.2, -0.15) is 0 Å². The predicted octanol–water partition coefficient (Wildman–Crippen LogP) is 4.01. The second kappa shape index (κ2) is 7.79. The minimum Gasteiger partial charge on any atom is -0.355 e. The van der Waals surface area contributed by atoms with E-state index < -0.39 is 0 Å². The molecule has 0 amide bonds. The first-order valence-electron chi connectivity index (χ1n) is 8.24. The van der Waals surface area contributed by atoms with E-state index in [1.165, 1.54) is 11.3 Å². The topological polar surface area (TPSA) is 28.2 Å². The highest BCUT2D eigenvalue weighted by Gasteiger charge is 2.22. The highest BCUT2D eigenvalue weighted by Crippen LogP contribution is 2.24. The van der Waals surface area contributed by atoms with Crippen LogP contribution in [0.5, 0.6) is 0 Å². The van der Waals surface area contributed by atoms with Gasteiger partial charge in [-0.25, -0.2) is 4.98 Å². The molecule has 0 atom stereocenters. The summed E-state index contributed by atoms with van der Waals surface area (Å²) in [7, 11) is 2.15. The van der Waals surface area contributed by atoms with Crippen LogP contribution in [0.25, 0.3) is 0 Å². The SMILES string of the molecule is CCc1cc(CNCC(C)C)cc(N(C)C(C)(C)CC)n1. The average Bonchev–Trinajstić information content (AvgIpc) is 2.45. The van der Waals surface area contributed by atoms with Crippen molar-refractivity contribution in [1.29, 1.82) is 0 Å². The van der Waals surface area contributed by atoms with Crippen molar-refractivity contribution >= 4 is 5.82 Å².